The van der Waals surface area contributed by atoms with Crippen molar-refractivity contribution in [3.8, 4) is 0 Å². The Balaban J connectivity index is 1.81. The van der Waals surface area contributed by atoms with Gasteiger partial charge in [-0.3, -0.25) is 0 Å². The normalized spacial score (nSPS) is 20.1. The van der Waals surface area contributed by atoms with Crippen LogP contribution < -0.4 is 5.32 Å². The Bertz CT molecular complexity index is 481. The molecule has 1 N–H and O–H groups in total. The summed E-state index contributed by atoms with van der Waals surface area (Å²) in [5.74, 6) is 0.728. The van der Waals surface area contributed by atoms with E-state index in [0.717, 1.165) is 30.9 Å². The Morgan fingerprint density at radius 3 is 3.12 bits per heavy atom. The van der Waals surface area contributed by atoms with E-state index in [4.69, 9.17) is 0 Å². The van der Waals surface area contributed by atoms with E-state index in [-0.39, 0.29) is 0 Å². The minimum atomic E-state index is 0.474. The highest BCUT2D eigenvalue weighted by Crippen LogP contribution is 2.15. The van der Waals surface area contributed by atoms with Crippen LogP contribution in [0.25, 0.3) is 5.65 Å². The lowest BCUT2D eigenvalue weighted by atomic mass is 10.0. The molecule has 0 aromatic carbocycles. The van der Waals surface area contributed by atoms with E-state index in [9.17, 15) is 0 Å². The predicted molar refractivity (Wildman–Crippen MR) is 63.4 cm³/mol. The van der Waals surface area contributed by atoms with Crippen molar-refractivity contribution in [2.24, 2.45) is 0 Å². The van der Waals surface area contributed by atoms with E-state index in [1.807, 2.05) is 24.4 Å². The number of anilines is 1. The molecule has 0 amide bonds. The molecule has 1 aliphatic rings. The van der Waals surface area contributed by atoms with Crippen molar-refractivity contribution in [3.63, 3.8) is 0 Å². The summed E-state index contributed by atoms with van der Waals surface area (Å²) < 4.78 is 1.79. The second kappa shape index (κ2) is 3.96. The summed E-state index contributed by atoms with van der Waals surface area (Å²) in [6.07, 6.45) is 9.73. The van der Waals surface area contributed by atoms with Crippen LogP contribution in [0, 0.1) is 0 Å². The summed E-state index contributed by atoms with van der Waals surface area (Å²) in [7, 11) is 0. The molecule has 0 aliphatic heterocycles. The maximum Gasteiger partial charge on any atom is 0.243 e. The zero-order valence-electron chi connectivity index (χ0n) is 9.00. The van der Waals surface area contributed by atoms with Crippen LogP contribution in [0.1, 0.15) is 19.3 Å². The summed E-state index contributed by atoms with van der Waals surface area (Å²) in [5, 5.41) is 7.75. The summed E-state index contributed by atoms with van der Waals surface area (Å²) >= 11 is 0. The molecule has 1 aliphatic carbocycles. The molecule has 0 bridgehead atoms. The molecule has 0 radical (unpaired) electrons. The standard InChI is InChI=1S/C12H14N4/c1-2-6-10(7-3-1)13-12-14-11-8-4-5-9-16(11)15-12/h1-2,4-5,8-10H,3,6-7H2,(H,13,15). The van der Waals surface area contributed by atoms with Gasteiger partial charge >= 0.3 is 0 Å². The third-order valence-electron chi connectivity index (χ3n) is 2.84. The van der Waals surface area contributed by atoms with Crippen molar-refractivity contribution in [1.29, 1.82) is 0 Å². The van der Waals surface area contributed by atoms with Gasteiger partial charge in [0.05, 0.1) is 0 Å². The van der Waals surface area contributed by atoms with Gasteiger partial charge in [-0.05, 0) is 31.4 Å². The number of pyridine rings is 1. The van der Waals surface area contributed by atoms with Gasteiger partial charge in [0.25, 0.3) is 0 Å². The Labute approximate surface area is 94.0 Å². The van der Waals surface area contributed by atoms with Crippen LogP contribution in [-0.4, -0.2) is 20.6 Å². The molecule has 2 aromatic heterocycles. The number of nitrogens with zero attached hydrogens (tertiary/aromatic N) is 3. The average molecular weight is 214 g/mol. The van der Waals surface area contributed by atoms with Crippen LogP contribution >= 0.6 is 0 Å². The maximum absolute atomic E-state index is 4.42. The fourth-order valence-electron chi connectivity index (χ4n) is 2.00. The Hall–Kier alpha value is -1.84. The summed E-state index contributed by atoms with van der Waals surface area (Å²) in [6.45, 7) is 0. The third kappa shape index (κ3) is 1.78. The molecule has 2 heterocycles. The fraction of sp³-hybridized carbons (Fsp3) is 0.333. The van der Waals surface area contributed by atoms with Gasteiger partial charge in [-0.2, -0.15) is 4.98 Å². The van der Waals surface area contributed by atoms with Crippen LogP contribution in [0.15, 0.2) is 36.5 Å². The topological polar surface area (TPSA) is 42.2 Å². The first-order valence-corrected chi connectivity index (χ1v) is 5.65. The molecule has 0 saturated carbocycles. The third-order valence-corrected chi connectivity index (χ3v) is 2.84. The van der Waals surface area contributed by atoms with E-state index >= 15 is 0 Å². The zero-order valence-corrected chi connectivity index (χ0v) is 9.00. The van der Waals surface area contributed by atoms with Gasteiger partial charge in [-0.15, -0.1) is 5.10 Å². The van der Waals surface area contributed by atoms with Crippen molar-refractivity contribution < 1.29 is 0 Å². The number of aromatic nitrogens is 3. The molecule has 0 saturated heterocycles. The SMILES string of the molecule is C1=CCC(Nc2nc3ccccn3n2)CC1. The van der Waals surface area contributed by atoms with Crippen LogP contribution in [0.2, 0.25) is 0 Å². The smallest absolute Gasteiger partial charge is 0.243 e. The Morgan fingerprint density at radius 2 is 2.31 bits per heavy atom. The summed E-state index contributed by atoms with van der Waals surface area (Å²) in [6, 6.07) is 6.35. The lowest BCUT2D eigenvalue weighted by molar-refractivity contribution is 0.639. The molecule has 0 fully saturated rings. The molecular weight excluding hydrogens is 200 g/mol. The predicted octanol–water partition coefficient (Wildman–Crippen LogP) is 2.25. The zero-order chi connectivity index (χ0) is 10.8. The molecule has 4 heteroatoms. The number of rotatable bonds is 2. The summed E-state index contributed by atoms with van der Waals surface area (Å²) in [5.41, 5.74) is 0.886. The van der Waals surface area contributed by atoms with Crippen molar-refractivity contribution in [2.75, 3.05) is 5.32 Å². The Kier molecular flexibility index (Phi) is 2.33. The van der Waals surface area contributed by atoms with Gasteiger partial charge in [0, 0.05) is 12.2 Å². The molecule has 0 spiro atoms. The van der Waals surface area contributed by atoms with Gasteiger partial charge < -0.3 is 5.32 Å². The number of nitrogens with one attached hydrogen (secondary N) is 1. The number of hydrogen-bond acceptors (Lipinski definition) is 3. The lowest BCUT2D eigenvalue weighted by Gasteiger charge is -2.17. The van der Waals surface area contributed by atoms with E-state index in [1.54, 1.807) is 4.52 Å². The first kappa shape index (κ1) is 9.39. The molecule has 1 atom stereocenters. The number of hydrogen-bond donors (Lipinski definition) is 1. The molecule has 16 heavy (non-hydrogen) atoms. The molecule has 2 aromatic rings. The monoisotopic (exact) mass is 214 g/mol. The van der Waals surface area contributed by atoms with Crippen molar-refractivity contribution >= 4 is 11.6 Å². The largest absolute Gasteiger partial charge is 0.350 e. The molecule has 4 nitrogen and oxygen atoms in total. The summed E-state index contributed by atoms with van der Waals surface area (Å²) in [4.78, 5) is 4.42. The first-order chi connectivity index (χ1) is 7.92. The van der Waals surface area contributed by atoms with Crippen LogP contribution in [0.5, 0.6) is 0 Å². The van der Waals surface area contributed by atoms with Gasteiger partial charge in [-0.1, -0.05) is 18.2 Å². The van der Waals surface area contributed by atoms with Gasteiger partial charge in [0.2, 0.25) is 5.95 Å². The van der Waals surface area contributed by atoms with E-state index in [0.29, 0.717) is 6.04 Å². The fourth-order valence-corrected chi connectivity index (χ4v) is 2.00. The molecule has 82 valence electrons. The first-order valence-electron chi connectivity index (χ1n) is 5.65. The quantitative estimate of drug-likeness (QED) is 0.780. The van der Waals surface area contributed by atoms with Gasteiger partial charge in [-0.25, -0.2) is 4.52 Å². The molecule has 3 rings (SSSR count). The van der Waals surface area contributed by atoms with Crippen molar-refractivity contribution in [3.05, 3.63) is 36.5 Å². The van der Waals surface area contributed by atoms with Gasteiger partial charge in [0.1, 0.15) is 0 Å². The van der Waals surface area contributed by atoms with E-state index in [1.165, 1.54) is 0 Å². The maximum atomic E-state index is 4.42. The Morgan fingerprint density at radius 1 is 1.31 bits per heavy atom. The van der Waals surface area contributed by atoms with Crippen molar-refractivity contribution in [2.45, 2.75) is 25.3 Å². The van der Waals surface area contributed by atoms with E-state index in [2.05, 4.69) is 27.6 Å². The number of fused-ring (bicyclic) bond motifs is 1. The minimum absolute atomic E-state index is 0.474. The molecule has 1 unspecified atom stereocenters. The highest BCUT2D eigenvalue weighted by Gasteiger charge is 2.11. The highest BCUT2D eigenvalue weighted by molar-refractivity contribution is 5.43. The van der Waals surface area contributed by atoms with Crippen molar-refractivity contribution in [1.82, 2.24) is 14.6 Å². The average Bonchev–Trinajstić information content (AvgIpc) is 2.72. The van der Waals surface area contributed by atoms with Crippen LogP contribution in [0.3, 0.4) is 0 Å². The molecular formula is C12H14N4. The van der Waals surface area contributed by atoms with Gasteiger partial charge in [0.15, 0.2) is 5.65 Å². The van der Waals surface area contributed by atoms with Crippen LogP contribution in [-0.2, 0) is 0 Å². The minimum Gasteiger partial charge on any atom is -0.350 e. The van der Waals surface area contributed by atoms with Crippen LogP contribution in [0.4, 0.5) is 5.95 Å². The van der Waals surface area contributed by atoms with E-state index < -0.39 is 0 Å². The lowest BCUT2D eigenvalue weighted by Crippen LogP contribution is -2.20. The second-order valence-corrected chi connectivity index (χ2v) is 4.06. The second-order valence-electron chi connectivity index (χ2n) is 4.06. The highest BCUT2D eigenvalue weighted by atomic mass is 15.3. The number of allylic oxidation sites excluding steroid dienone is 1.